The van der Waals surface area contributed by atoms with Crippen LogP contribution < -0.4 is 0 Å². The van der Waals surface area contributed by atoms with Gasteiger partial charge in [0.25, 0.3) is 0 Å². The average molecular weight is 311 g/mol. The smallest absolute Gasteiger partial charge is 0.104 e. The van der Waals surface area contributed by atoms with Gasteiger partial charge >= 0.3 is 0 Å². The highest BCUT2D eigenvalue weighted by atomic mass is 32.1. The van der Waals surface area contributed by atoms with Gasteiger partial charge in [0.15, 0.2) is 0 Å². The van der Waals surface area contributed by atoms with Crippen molar-refractivity contribution in [3.8, 4) is 0 Å². The molecule has 122 valence electrons. The van der Waals surface area contributed by atoms with Gasteiger partial charge in [-0.25, -0.2) is 0 Å². The van der Waals surface area contributed by atoms with Crippen LogP contribution in [0.3, 0.4) is 0 Å². The molecule has 0 heterocycles. The Bertz CT molecular complexity index is 315. The predicted octanol–water partition coefficient (Wildman–Crippen LogP) is 5.52. The minimum absolute atomic E-state index is 0. The highest BCUT2D eigenvalue weighted by Crippen LogP contribution is 2.19. The minimum atomic E-state index is 0. The third kappa shape index (κ3) is 7.92. The molecule has 21 heavy (non-hydrogen) atoms. The molecule has 0 aliphatic heterocycles. The van der Waals surface area contributed by atoms with Crippen LogP contribution in [0.15, 0.2) is 30.3 Å². The Morgan fingerprint density at radius 1 is 0.714 bits per heavy atom. The molecule has 0 N–H and O–H groups in total. The lowest BCUT2D eigenvalue weighted by molar-refractivity contribution is -0.941. The summed E-state index contributed by atoms with van der Waals surface area (Å²) in [5.74, 6) is 0. The molecule has 0 atom stereocenters. The van der Waals surface area contributed by atoms with Crippen LogP contribution in [0.2, 0.25) is 0 Å². The molecule has 0 aliphatic carbocycles. The van der Waals surface area contributed by atoms with Crippen molar-refractivity contribution < 1.29 is 4.48 Å². The van der Waals surface area contributed by atoms with Crippen molar-refractivity contribution in [3.63, 3.8) is 0 Å². The van der Waals surface area contributed by atoms with Crippen LogP contribution in [0.5, 0.6) is 0 Å². The Morgan fingerprint density at radius 3 is 1.52 bits per heavy atom. The summed E-state index contributed by atoms with van der Waals surface area (Å²) in [6.07, 6.45) is 8.02. The molecule has 0 saturated heterocycles. The van der Waals surface area contributed by atoms with E-state index in [9.17, 15) is 0 Å². The molecular formula is C19H36NS+. The maximum Gasteiger partial charge on any atom is 0.104 e. The van der Waals surface area contributed by atoms with Gasteiger partial charge in [0, 0.05) is 5.56 Å². The van der Waals surface area contributed by atoms with Gasteiger partial charge in [0.1, 0.15) is 6.54 Å². The molecule has 0 aromatic heterocycles. The molecule has 0 aliphatic rings. The van der Waals surface area contributed by atoms with Gasteiger partial charge in [0.2, 0.25) is 0 Å². The summed E-state index contributed by atoms with van der Waals surface area (Å²) in [7, 11) is 0. The summed E-state index contributed by atoms with van der Waals surface area (Å²) in [5.41, 5.74) is 1.51. The van der Waals surface area contributed by atoms with Gasteiger partial charge < -0.3 is 4.48 Å². The monoisotopic (exact) mass is 310 g/mol. The minimum Gasteiger partial charge on any atom is -0.320 e. The van der Waals surface area contributed by atoms with E-state index in [1.54, 1.807) is 0 Å². The summed E-state index contributed by atoms with van der Waals surface area (Å²) < 4.78 is 1.31. The number of nitrogens with zero attached hydrogens (tertiary/aromatic N) is 1. The van der Waals surface area contributed by atoms with E-state index in [-0.39, 0.29) is 13.5 Å². The summed E-state index contributed by atoms with van der Waals surface area (Å²) >= 11 is 0. The Labute approximate surface area is 139 Å². The highest BCUT2D eigenvalue weighted by Gasteiger charge is 2.25. The fourth-order valence-corrected chi connectivity index (χ4v) is 3.02. The number of quaternary nitrogens is 1. The first kappa shape index (κ1) is 20.5. The molecule has 0 fully saturated rings. The second kappa shape index (κ2) is 12.1. The third-order valence-corrected chi connectivity index (χ3v) is 4.32. The summed E-state index contributed by atoms with van der Waals surface area (Å²) in [6.45, 7) is 12.2. The van der Waals surface area contributed by atoms with E-state index in [0.29, 0.717) is 0 Å². The molecule has 1 aromatic carbocycles. The van der Waals surface area contributed by atoms with Crippen LogP contribution in [0, 0.1) is 0 Å². The van der Waals surface area contributed by atoms with Crippen LogP contribution in [0.25, 0.3) is 0 Å². The Kier molecular flexibility index (Phi) is 11.8. The van der Waals surface area contributed by atoms with Gasteiger partial charge in [-0.15, -0.1) is 0 Å². The highest BCUT2D eigenvalue weighted by molar-refractivity contribution is 7.59. The van der Waals surface area contributed by atoms with Crippen molar-refractivity contribution in [2.75, 3.05) is 19.6 Å². The summed E-state index contributed by atoms with van der Waals surface area (Å²) in [4.78, 5) is 0. The molecule has 1 nitrogen and oxygen atoms in total. The maximum atomic E-state index is 2.32. The lowest BCUT2D eigenvalue weighted by atomic mass is 10.1. The van der Waals surface area contributed by atoms with Crippen molar-refractivity contribution >= 4 is 13.5 Å². The largest absolute Gasteiger partial charge is 0.320 e. The zero-order chi connectivity index (χ0) is 14.7. The van der Waals surface area contributed by atoms with Gasteiger partial charge in [-0.1, -0.05) is 70.4 Å². The van der Waals surface area contributed by atoms with Gasteiger partial charge in [-0.05, 0) is 19.3 Å². The first-order valence-electron chi connectivity index (χ1n) is 8.65. The molecule has 0 saturated carbocycles. The third-order valence-electron chi connectivity index (χ3n) is 4.32. The number of hydrogen-bond acceptors (Lipinski definition) is 0. The van der Waals surface area contributed by atoms with Gasteiger partial charge in [-0.3, -0.25) is 0 Å². The normalized spacial score (nSPS) is 11.2. The van der Waals surface area contributed by atoms with E-state index >= 15 is 0 Å². The standard InChI is InChI=1S/C19H34N.H2S/c1-4-7-15-20(16-8-5-2,17-9-6-3)18-19-13-11-10-12-14-19;/h10-14H,4-9,15-18H2,1-3H3;1H2/q+1;. The lowest BCUT2D eigenvalue weighted by Gasteiger charge is -2.39. The molecule has 0 unspecified atom stereocenters. The zero-order valence-electron chi connectivity index (χ0n) is 14.4. The molecule has 2 heteroatoms. The SMILES string of the molecule is CCCC[N+](CCCC)(CCCC)Cc1ccccc1.S. The van der Waals surface area contributed by atoms with Crippen LogP contribution in [-0.2, 0) is 6.54 Å². The molecular weight excluding hydrogens is 274 g/mol. The van der Waals surface area contributed by atoms with E-state index in [2.05, 4.69) is 51.1 Å². The van der Waals surface area contributed by atoms with Crippen molar-refractivity contribution in [2.45, 2.75) is 65.8 Å². The summed E-state index contributed by atoms with van der Waals surface area (Å²) in [6, 6.07) is 11.1. The fourth-order valence-electron chi connectivity index (χ4n) is 3.02. The van der Waals surface area contributed by atoms with Crippen molar-refractivity contribution in [1.82, 2.24) is 0 Å². The fraction of sp³-hybridized carbons (Fsp3) is 0.684. The molecule has 0 bridgehead atoms. The molecule has 0 amide bonds. The zero-order valence-corrected chi connectivity index (χ0v) is 15.4. The van der Waals surface area contributed by atoms with Gasteiger partial charge in [0.05, 0.1) is 19.6 Å². The first-order valence-corrected chi connectivity index (χ1v) is 8.65. The van der Waals surface area contributed by atoms with Crippen molar-refractivity contribution in [3.05, 3.63) is 35.9 Å². The quantitative estimate of drug-likeness (QED) is 0.472. The van der Waals surface area contributed by atoms with Crippen molar-refractivity contribution in [2.24, 2.45) is 0 Å². The second-order valence-electron chi connectivity index (χ2n) is 6.22. The second-order valence-corrected chi connectivity index (χ2v) is 6.22. The van der Waals surface area contributed by atoms with Crippen LogP contribution in [-0.4, -0.2) is 24.1 Å². The maximum absolute atomic E-state index is 2.32. The molecule has 0 spiro atoms. The van der Waals surface area contributed by atoms with Crippen LogP contribution in [0.4, 0.5) is 0 Å². The van der Waals surface area contributed by atoms with E-state index in [1.165, 1.54) is 74.8 Å². The van der Waals surface area contributed by atoms with E-state index in [0.717, 1.165) is 0 Å². The Balaban J connectivity index is 0.00000400. The number of benzene rings is 1. The van der Waals surface area contributed by atoms with Crippen molar-refractivity contribution in [1.29, 1.82) is 0 Å². The van der Waals surface area contributed by atoms with Crippen LogP contribution in [0.1, 0.15) is 64.9 Å². The van der Waals surface area contributed by atoms with Gasteiger partial charge in [-0.2, -0.15) is 13.5 Å². The van der Waals surface area contributed by atoms with E-state index in [1.807, 2.05) is 0 Å². The topological polar surface area (TPSA) is 0 Å². The molecule has 0 radical (unpaired) electrons. The van der Waals surface area contributed by atoms with E-state index in [4.69, 9.17) is 0 Å². The van der Waals surface area contributed by atoms with E-state index < -0.39 is 0 Å². The average Bonchev–Trinajstić information content (AvgIpc) is 2.49. The lowest BCUT2D eigenvalue weighted by Crippen LogP contribution is -2.49. The number of unbranched alkanes of at least 4 members (excludes halogenated alkanes) is 3. The number of rotatable bonds is 11. The Morgan fingerprint density at radius 2 is 1.14 bits per heavy atom. The Hall–Kier alpha value is -0.470. The molecule has 1 aromatic rings. The predicted molar refractivity (Wildman–Crippen MR) is 100 cm³/mol. The molecule has 1 rings (SSSR count). The number of hydrogen-bond donors (Lipinski definition) is 0. The summed E-state index contributed by atoms with van der Waals surface area (Å²) in [5, 5.41) is 0. The first-order chi connectivity index (χ1) is 9.76. The van der Waals surface area contributed by atoms with Crippen LogP contribution >= 0.6 is 13.5 Å².